The molecule has 1 saturated heterocycles. The zero-order chi connectivity index (χ0) is 28.8. The Kier molecular flexibility index (Phi) is 7.45. The van der Waals surface area contributed by atoms with Gasteiger partial charge in [-0.1, -0.05) is 12.1 Å². The molecule has 8 nitrogen and oxygen atoms in total. The molecular formula is C26H28F4N2O6S. The highest BCUT2D eigenvalue weighted by Gasteiger charge is 2.51. The average Bonchev–Trinajstić information content (AvgIpc) is 3.20. The molecule has 0 bridgehead atoms. The van der Waals surface area contributed by atoms with Gasteiger partial charge >= 0.3 is 12.3 Å². The number of carbonyl (C=O) groups excluding carboxylic acids is 2. The summed E-state index contributed by atoms with van der Waals surface area (Å²) in [5, 5.41) is 12.7. The van der Waals surface area contributed by atoms with Gasteiger partial charge in [-0.15, -0.1) is 0 Å². The lowest BCUT2D eigenvalue weighted by Crippen LogP contribution is -2.45. The van der Waals surface area contributed by atoms with E-state index in [0.717, 1.165) is 40.7 Å². The van der Waals surface area contributed by atoms with Crippen molar-refractivity contribution in [1.82, 2.24) is 5.32 Å². The summed E-state index contributed by atoms with van der Waals surface area (Å²) in [6.07, 6.45) is -5.26. The number of amides is 1. The van der Waals surface area contributed by atoms with Crippen LogP contribution in [0.5, 0.6) is 0 Å². The molecule has 13 heteroatoms. The van der Waals surface area contributed by atoms with Gasteiger partial charge < -0.3 is 15.2 Å². The molecule has 2 unspecified atom stereocenters. The number of aliphatic hydroxyl groups is 1. The first-order valence-electron chi connectivity index (χ1n) is 12.2. The molecule has 1 amide bonds. The van der Waals surface area contributed by atoms with Gasteiger partial charge in [-0.25, -0.2) is 17.6 Å². The van der Waals surface area contributed by atoms with Crippen LogP contribution in [-0.2, 0) is 31.6 Å². The SMILES string of the molecule is CC1(CCC(=O)C[C@@H]2CCc3cc(C(C)(O)C(F)(F)F)ccc3N2S(=O)(=O)c2ccc(F)cc2)CNC(=O)O1. The van der Waals surface area contributed by atoms with Crippen LogP contribution in [0.2, 0.25) is 0 Å². The highest BCUT2D eigenvalue weighted by Crippen LogP contribution is 2.43. The Bertz CT molecular complexity index is 1380. The summed E-state index contributed by atoms with van der Waals surface area (Å²) in [6.45, 7) is 2.52. The number of alkyl halides is 3. The third-order valence-electron chi connectivity index (χ3n) is 7.22. The van der Waals surface area contributed by atoms with Crippen LogP contribution in [0.1, 0.15) is 50.7 Å². The second-order valence-electron chi connectivity index (χ2n) is 10.3. The van der Waals surface area contributed by atoms with Gasteiger partial charge in [-0.05, 0) is 74.6 Å². The molecule has 2 N–H and O–H groups in total. The molecule has 39 heavy (non-hydrogen) atoms. The number of ketones is 1. The van der Waals surface area contributed by atoms with E-state index in [1.54, 1.807) is 6.92 Å². The average molecular weight is 573 g/mol. The Balaban J connectivity index is 1.67. The highest BCUT2D eigenvalue weighted by molar-refractivity contribution is 7.92. The third-order valence-corrected chi connectivity index (χ3v) is 9.10. The summed E-state index contributed by atoms with van der Waals surface area (Å²) < 4.78 is 87.6. The lowest BCUT2D eigenvalue weighted by molar-refractivity contribution is -0.258. The predicted octanol–water partition coefficient (Wildman–Crippen LogP) is 4.34. The Morgan fingerprint density at radius 2 is 1.87 bits per heavy atom. The van der Waals surface area contributed by atoms with Crippen molar-refractivity contribution >= 4 is 27.6 Å². The molecule has 0 aliphatic carbocycles. The van der Waals surface area contributed by atoms with Gasteiger partial charge in [0.25, 0.3) is 10.0 Å². The first-order chi connectivity index (χ1) is 18.0. The van der Waals surface area contributed by atoms with E-state index in [0.29, 0.717) is 6.92 Å². The number of carbonyl (C=O) groups is 2. The Morgan fingerprint density at radius 1 is 1.21 bits per heavy atom. The maximum Gasteiger partial charge on any atom is 0.421 e. The molecule has 2 aliphatic heterocycles. The van der Waals surface area contributed by atoms with Crippen LogP contribution >= 0.6 is 0 Å². The van der Waals surface area contributed by atoms with Gasteiger partial charge in [0, 0.05) is 12.8 Å². The van der Waals surface area contributed by atoms with Crippen molar-refractivity contribution < 1.29 is 45.4 Å². The standard InChI is InChI=1S/C26H28F4N2O6S/c1-24(15-31-23(34)38-24)12-11-20(33)14-19-7-3-16-13-17(25(2,35)26(28,29)30)4-10-22(16)32(19)39(36,37)21-8-5-18(27)6-9-21/h4-6,8-10,13,19,35H,3,7,11-12,14-15H2,1-2H3,(H,31,34)/t19-,24?,25?/m0/s1. The fourth-order valence-corrected chi connectivity index (χ4v) is 6.51. The number of hydrogen-bond acceptors (Lipinski definition) is 6. The number of cyclic esters (lactones) is 1. The van der Waals surface area contributed by atoms with Crippen molar-refractivity contribution in [3.63, 3.8) is 0 Å². The van der Waals surface area contributed by atoms with E-state index >= 15 is 0 Å². The smallest absolute Gasteiger partial charge is 0.421 e. The molecule has 0 spiro atoms. The molecule has 1 fully saturated rings. The fourth-order valence-electron chi connectivity index (χ4n) is 4.80. The molecule has 0 saturated carbocycles. The second kappa shape index (κ2) is 10.1. The molecule has 2 aromatic rings. The molecule has 3 atom stereocenters. The van der Waals surface area contributed by atoms with Crippen LogP contribution < -0.4 is 9.62 Å². The van der Waals surface area contributed by atoms with E-state index in [2.05, 4.69) is 5.32 Å². The minimum Gasteiger partial charge on any atom is -0.441 e. The number of fused-ring (bicyclic) bond motifs is 1. The number of sulfonamides is 1. The summed E-state index contributed by atoms with van der Waals surface area (Å²) in [5.74, 6) is -0.946. The van der Waals surface area contributed by atoms with Crippen LogP contribution in [0.15, 0.2) is 47.4 Å². The summed E-state index contributed by atoms with van der Waals surface area (Å²) in [4.78, 5) is 24.1. The third kappa shape index (κ3) is 5.74. The molecule has 4 rings (SSSR count). The maximum absolute atomic E-state index is 13.7. The number of anilines is 1. The maximum atomic E-state index is 13.7. The summed E-state index contributed by atoms with van der Waals surface area (Å²) in [6, 6.07) is 6.53. The number of nitrogens with one attached hydrogen (secondary N) is 1. The van der Waals surface area contributed by atoms with Gasteiger partial charge in [-0.2, -0.15) is 13.2 Å². The second-order valence-corrected chi connectivity index (χ2v) is 12.1. The number of alkyl carbamates (subject to hydrolysis) is 1. The quantitative estimate of drug-likeness (QED) is 0.455. The number of nitrogens with zero attached hydrogens (tertiary/aromatic N) is 1. The van der Waals surface area contributed by atoms with Crippen molar-refractivity contribution in [3.8, 4) is 0 Å². The number of halogens is 4. The highest BCUT2D eigenvalue weighted by atomic mass is 32.2. The molecule has 2 heterocycles. The number of aryl methyl sites for hydroxylation is 1. The predicted molar refractivity (Wildman–Crippen MR) is 132 cm³/mol. The summed E-state index contributed by atoms with van der Waals surface area (Å²) in [7, 11) is -4.36. The first kappa shape index (κ1) is 28.8. The zero-order valence-corrected chi connectivity index (χ0v) is 22.0. The Hall–Kier alpha value is -3.19. The lowest BCUT2D eigenvalue weighted by atomic mass is 9.88. The van der Waals surface area contributed by atoms with Gasteiger partial charge in [0.15, 0.2) is 5.60 Å². The summed E-state index contributed by atoms with van der Waals surface area (Å²) >= 11 is 0. The van der Waals surface area contributed by atoms with E-state index < -0.39 is 50.9 Å². The van der Waals surface area contributed by atoms with Crippen LogP contribution in [-0.4, -0.2) is 49.8 Å². The monoisotopic (exact) mass is 572 g/mol. The lowest BCUT2D eigenvalue weighted by Gasteiger charge is -2.38. The van der Waals surface area contributed by atoms with Crippen molar-refractivity contribution in [3.05, 3.63) is 59.4 Å². The first-order valence-corrected chi connectivity index (χ1v) is 13.7. The van der Waals surface area contributed by atoms with E-state index in [1.807, 2.05) is 0 Å². The van der Waals surface area contributed by atoms with Crippen LogP contribution in [0, 0.1) is 5.82 Å². The topological polar surface area (TPSA) is 113 Å². The molecular weight excluding hydrogens is 544 g/mol. The van der Waals surface area contributed by atoms with Crippen LogP contribution in [0.4, 0.5) is 28.0 Å². The normalized spacial score (nSPS) is 23.0. The van der Waals surface area contributed by atoms with E-state index in [4.69, 9.17) is 4.74 Å². The minimum atomic E-state index is -4.97. The summed E-state index contributed by atoms with van der Waals surface area (Å²) in [5.41, 5.74) is -4.16. The Morgan fingerprint density at radius 3 is 2.46 bits per heavy atom. The molecule has 2 aliphatic rings. The number of benzene rings is 2. The minimum absolute atomic E-state index is 0.00659. The largest absolute Gasteiger partial charge is 0.441 e. The van der Waals surface area contributed by atoms with E-state index in [1.165, 1.54) is 6.07 Å². The number of rotatable bonds is 8. The van der Waals surface area contributed by atoms with E-state index in [-0.39, 0.29) is 60.6 Å². The Labute approximate surface area is 223 Å². The van der Waals surface area contributed by atoms with Crippen LogP contribution in [0.3, 0.4) is 0 Å². The molecule has 2 aromatic carbocycles. The molecule has 212 valence electrons. The van der Waals surface area contributed by atoms with Crippen molar-refractivity contribution in [2.24, 2.45) is 0 Å². The fraction of sp³-hybridized carbons (Fsp3) is 0.462. The zero-order valence-electron chi connectivity index (χ0n) is 21.2. The molecule has 0 aromatic heterocycles. The van der Waals surface area contributed by atoms with Gasteiger partial charge in [0.05, 0.1) is 23.2 Å². The van der Waals surface area contributed by atoms with Crippen molar-refractivity contribution in [1.29, 1.82) is 0 Å². The van der Waals surface area contributed by atoms with Gasteiger partial charge in [0.1, 0.15) is 17.2 Å². The molecule has 0 radical (unpaired) electrons. The number of ether oxygens (including phenoxy) is 1. The number of Topliss-reactive ketones (excluding diaryl/α,β-unsaturated/α-hetero) is 1. The van der Waals surface area contributed by atoms with E-state index in [9.17, 15) is 40.7 Å². The number of hydrogen-bond donors (Lipinski definition) is 2. The van der Waals surface area contributed by atoms with Gasteiger partial charge in [-0.3, -0.25) is 9.10 Å². The van der Waals surface area contributed by atoms with Gasteiger partial charge in [0.2, 0.25) is 0 Å². The van der Waals surface area contributed by atoms with Crippen LogP contribution in [0.25, 0.3) is 0 Å². The van der Waals surface area contributed by atoms with Crippen molar-refractivity contribution in [2.75, 3.05) is 10.8 Å². The van der Waals surface area contributed by atoms with Crippen molar-refractivity contribution in [2.45, 2.75) is 74.3 Å².